The van der Waals surface area contributed by atoms with Crippen molar-refractivity contribution in [2.24, 2.45) is 0 Å². The molecule has 0 fully saturated rings. The summed E-state index contributed by atoms with van der Waals surface area (Å²) in [6.07, 6.45) is 4.27. The van der Waals surface area contributed by atoms with Crippen LogP contribution in [0.3, 0.4) is 0 Å². The number of carbonyl (C=O) groups is 1. The number of amides is 2. The smallest absolute Gasteiger partial charge is 0.326 e. The minimum absolute atomic E-state index is 0.284. The first-order valence-corrected chi connectivity index (χ1v) is 10.9. The van der Waals surface area contributed by atoms with Gasteiger partial charge in [0.2, 0.25) is 0 Å². The Morgan fingerprint density at radius 3 is 2.65 bits per heavy atom. The van der Waals surface area contributed by atoms with Crippen LogP contribution in [0.5, 0.6) is 5.75 Å². The number of halogens is 2. The van der Waals surface area contributed by atoms with Crippen LogP contribution in [-0.2, 0) is 19.5 Å². The lowest BCUT2D eigenvalue weighted by Crippen LogP contribution is -2.35. The second-order valence-electron chi connectivity index (χ2n) is 7.34. The molecule has 2 heterocycles. The fraction of sp³-hybridized carbons (Fsp3) is 0.318. The Kier molecular flexibility index (Phi) is 6.63. The average molecular weight is 460 g/mol. The second kappa shape index (κ2) is 9.58. The topological polar surface area (TPSA) is 72.3 Å². The number of benzene rings is 2. The van der Waals surface area contributed by atoms with Crippen molar-refractivity contribution in [3.8, 4) is 5.75 Å². The minimum atomic E-state index is -0.311. The molecular weight excluding hydrogens is 437 g/mol. The summed E-state index contributed by atoms with van der Waals surface area (Å²) in [6.45, 7) is 1.15. The molecule has 0 bridgehead atoms. The molecule has 1 aromatic heterocycles. The summed E-state index contributed by atoms with van der Waals surface area (Å²) in [4.78, 5) is 14.9. The van der Waals surface area contributed by atoms with Gasteiger partial charge in [-0.2, -0.15) is 0 Å². The first kappa shape index (κ1) is 21.5. The van der Waals surface area contributed by atoms with Gasteiger partial charge in [0.05, 0.1) is 23.7 Å². The molecule has 7 nitrogen and oxygen atoms in total. The molecule has 2 amide bonds. The highest BCUT2D eigenvalue weighted by molar-refractivity contribution is 6.42. The molecule has 3 aromatic rings. The van der Waals surface area contributed by atoms with Crippen LogP contribution in [0, 0.1) is 0 Å². The molecule has 0 atom stereocenters. The lowest BCUT2D eigenvalue weighted by molar-refractivity contribution is 0.256. The van der Waals surface area contributed by atoms with E-state index >= 15 is 0 Å². The maximum absolute atomic E-state index is 13.3. The maximum Gasteiger partial charge on any atom is 0.326 e. The molecule has 1 aliphatic rings. The van der Waals surface area contributed by atoms with Crippen molar-refractivity contribution in [3.63, 3.8) is 0 Å². The summed E-state index contributed by atoms with van der Waals surface area (Å²) in [5, 5.41) is 12.4. The molecule has 31 heavy (non-hydrogen) atoms. The van der Waals surface area contributed by atoms with Gasteiger partial charge in [-0.15, -0.1) is 10.2 Å². The van der Waals surface area contributed by atoms with Gasteiger partial charge in [0, 0.05) is 24.3 Å². The average Bonchev–Trinajstić information content (AvgIpc) is 3.00. The number of nitrogens with one attached hydrogen (secondary N) is 1. The molecule has 0 spiro atoms. The largest absolute Gasteiger partial charge is 0.497 e. The third-order valence-electron chi connectivity index (χ3n) is 5.29. The zero-order valence-electron chi connectivity index (χ0n) is 17.1. The van der Waals surface area contributed by atoms with Gasteiger partial charge in [-0.3, -0.25) is 4.90 Å². The van der Waals surface area contributed by atoms with E-state index in [9.17, 15) is 4.79 Å². The minimum Gasteiger partial charge on any atom is -0.497 e. The molecule has 0 radical (unpaired) electrons. The van der Waals surface area contributed by atoms with Crippen LogP contribution in [0.15, 0.2) is 42.5 Å². The number of rotatable bonds is 5. The van der Waals surface area contributed by atoms with E-state index in [2.05, 4.69) is 20.1 Å². The number of ether oxygens (including phenoxy) is 1. The highest BCUT2D eigenvalue weighted by atomic mass is 35.5. The van der Waals surface area contributed by atoms with Gasteiger partial charge in [0.15, 0.2) is 5.82 Å². The third-order valence-corrected chi connectivity index (χ3v) is 6.02. The summed E-state index contributed by atoms with van der Waals surface area (Å²) < 4.78 is 7.39. The Labute approximate surface area is 190 Å². The van der Waals surface area contributed by atoms with Gasteiger partial charge in [0.25, 0.3) is 0 Å². The van der Waals surface area contributed by atoms with Crippen molar-refractivity contribution in [1.82, 2.24) is 14.8 Å². The van der Waals surface area contributed by atoms with E-state index in [1.165, 1.54) is 6.42 Å². The van der Waals surface area contributed by atoms with Gasteiger partial charge >= 0.3 is 6.03 Å². The molecule has 2 aromatic carbocycles. The summed E-state index contributed by atoms with van der Waals surface area (Å²) in [7, 11) is 1.61. The first-order valence-electron chi connectivity index (χ1n) is 10.1. The van der Waals surface area contributed by atoms with Crippen LogP contribution in [0.2, 0.25) is 10.0 Å². The fourth-order valence-electron chi connectivity index (χ4n) is 3.61. The van der Waals surface area contributed by atoms with E-state index in [1.807, 2.05) is 24.3 Å². The van der Waals surface area contributed by atoms with Crippen molar-refractivity contribution in [2.75, 3.05) is 17.3 Å². The summed E-state index contributed by atoms with van der Waals surface area (Å²) in [5.74, 6) is 2.45. The van der Waals surface area contributed by atoms with Crippen molar-refractivity contribution in [2.45, 2.75) is 38.8 Å². The van der Waals surface area contributed by atoms with E-state index in [4.69, 9.17) is 27.9 Å². The predicted octanol–water partition coefficient (Wildman–Crippen LogP) is 5.56. The van der Waals surface area contributed by atoms with Gasteiger partial charge in [-0.25, -0.2) is 4.79 Å². The van der Waals surface area contributed by atoms with Crippen molar-refractivity contribution >= 4 is 40.6 Å². The van der Waals surface area contributed by atoms with Crippen LogP contribution >= 0.6 is 23.2 Å². The maximum atomic E-state index is 13.3. The number of urea groups is 1. The number of nitrogens with zero attached hydrogens (tertiary/aromatic N) is 4. The standard InChI is InChI=1S/C22H23Cl2N5O2/c1-31-17-9-7-16(8-10-17)29(22(30)25-15-6-11-18(23)19(24)13-15)14-21-27-26-20-5-3-2-4-12-28(20)21/h6-11,13H,2-5,12,14H2,1H3,(H,25,30). The highest BCUT2D eigenvalue weighted by Gasteiger charge is 2.22. The predicted molar refractivity (Wildman–Crippen MR) is 122 cm³/mol. The molecule has 0 saturated heterocycles. The number of aromatic nitrogens is 3. The quantitative estimate of drug-likeness (QED) is 0.541. The Morgan fingerprint density at radius 2 is 1.90 bits per heavy atom. The Hall–Kier alpha value is -2.77. The Bertz CT molecular complexity index is 1070. The number of hydrogen-bond donors (Lipinski definition) is 1. The van der Waals surface area contributed by atoms with Crippen LogP contribution in [0.25, 0.3) is 0 Å². The zero-order valence-corrected chi connectivity index (χ0v) is 18.7. The number of methoxy groups -OCH3 is 1. The molecule has 9 heteroatoms. The summed E-state index contributed by atoms with van der Waals surface area (Å²) >= 11 is 12.1. The molecule has 0 aliphatic carbocycles. The lowest BCUT2D eigenvalue weighted by Gasteiger charge is -2.23. The molecular formula is C22H23Cl2N5O2. The Morgan fingerprint density at radius 1 is 1.10 bits per heavy atom. The van der Waals surface area contributed by atoms with Crippen molar-refractivity contribution in [3.05, 3.63) is 64.2 Å². The van der Waals surface area contributed by atoms with E-state index in [1.54, 1.807) is 30.2 Å². The van der Waals surface area contributed by atoms with E-state index in [0.29, 0.717) is 27.2 Å². The van der Waals surface area contributed by atoms with Gasteiger partial charge in [-0.05, 0) is 55.3 Å². The van der Waals surface area contributed by atoms with Gasteiger partial charge in [0.1, 0.15) is 11.6 Å². The monoisotopic (exact) mass is 459 g/mol. The van der Waals surface area contributed by atoms with Gasteiger partial charge in [-0.1, -0.05) is 29.6 Å². The Balaban J connectivity index is 1.63. The van der Waals surface area contributed by atoms with Crippen LogP contribution < -0.4 is 15.0 Å². The normalized spacial score (nSPS) is 13.3. The molecule has 1 N–H and O–H groups in total. The third kappa shape index (κ3) is 4.94. The first-order chi connectivity index (χ1) is 15.0. The fourth-order valence-corrected chi connectivity index (χ4v) is 3.91. The van der Waals surface area contributed by atoms with E-state index in [0.717, 1.165) is 37.5 Å². The SMILES string of the molecule is COc1ccc(N(Cc2nnc3n2CCCCC3)C(=O)Nc2ccc(Cl)c(Cl)c2)cc1. The highest BCUT2D eigenvalue weighted by Crippen LogP contribution is 2.27. The van der Waals surface area contributed by atoms with E-state index < -0.39 is 0 Å². The number of aryl methyl sites for hydroxylation is 1. The van der Waals surface area contributed by atoms with Crippen LogP contribution in [0.4, 0.5) is 16.2 Å². The number of fused-ring (bicyclic) bond motifs is 1. The molecule has 1 aliphatic heterocycles. The van der Waals surface area contributed by atoms with Crippen molar-refractivity contribution in [1.29, 1.82) is 0 Å². The number of carbonyl (C=O) groups excluding carboxylic acids is 1. The summed E-state index contributed by atoms with van der Waals surface area (Å²) in [6, 6.07) is 12.0. The number of hydrogen-bond acceptors (Lipinski definition) is 4. The number of anilines is 2. The lowest BCUT2D eigenvalue weighted by atomic mass is 10.2. The zero-order chi connectivity index (χ0) is 21.8. The van der Waals surface area contributed by atoms with Crippen LogP contribution in [0.1, 0.15) is 30.9 Å². The van der Waals surface area contributed by atoms with Gasteiger partial charge < -0.3 is 14.6 Å². The molecule has 0 unspecified atom stereocenters. The molecule has 162 valence electrons. The molecule has 0 saturated carbocycles. The van der Waals surface area contributed by atoms with Crippen molar-refractivity contribution < 1.29 is 9.53 Å². The summed E-state index contributed by atoms with van der Waals surface area (Å²) in [5.41, 5.74) is 1.27. The molecule has 4 rings (SSSR count). The van der Waals surface area contributed by atoms with Crippen LogP contribution in [-0.4, -0.2) is 27.9 Å². The van der Waals surface area contributed by atoms with E-state index in [-0.39, 0.29) is 12.6 Å². The second-order valence-corrected chi connectivity index (χ2v) is 8.15.